The molecule has 0 bridgehead atoms. The second-order valence-electron chi connectivity index (χ2n) is 5.74. The molecule has 24 heavy (non-hydrogen) atoms. The van der Waals surface area contributed by atoms with Gasteiger partial charge in [-0.3, -0.25) is 20.0 Å². The van der Waals surface area contributed by atoms with Gasteiger partial charge in [0.2, 0.25) is 0 Å². The Hall–Kier alpha value is -2.97. The van der Waals surface area contributed by atoms with Crippen molar-refractivity contribution in [3.05, 3.63) is 34.0 Å². The summed E-state index contributed by atoms with van der Waals surface area (Å²) in [7, 11) is 1.25. The van der Waals surface area contributed by atoms with E-state index in [0.717, 1.165) is 0 Å². The molecular weight excluding hydrogens is 316 g/mol. The van der Waals surface area contributed by atoms with Crippen LogP contribution in [0, 0.1) is 16.0 Å². The van der Waals surface area contributed by atoms with Crippen LogP contribution < -0.4 is 5.32 Å². The summed E-state index contributed by atoms with van der Waals surface area (Å²) in [5.41, 5.74) is 0.334. The van der Waals surface area contributed by atoms with E-state index in [4.69, 9.17) is 4.74 Å². The maximum absolute atomic E-state index is 12.4. The van der Waals surface area contributed by atoms with Gasteiger partial charge >= 0.3 is 5.97 Å². The molecule has 1 unspecified atom stereocenters. The number of aromatic amines is 1. The number of methoxy groups -OCH3 is 1. The molecule has 1 aromatic heterocycles. The Morgan fingerprint density at radius 1 is 1.42 bits per heavy atom. The number of aromatic nitrogens is 2. The SMILES string of the molecule is COC(=O)C(CC(C)C)NC(=O)c1n[nH]c2ccc([N+](=O)[O-])cc12. The number of benzene rings is 1. The standard InChI is InChI=1S/C15H18N4O5/c1-8(2)6-12(15(21)24-3)16-14(20)13-10-7-9(19(22)23)4-5-11(10)17-18-13/h4-5,7-8,12H,6H2,1-3H3,(H,16,20)(H,17,18). The van der Waals surface area contributed by atoms with Crippen LogP contribution in [0.1, 0.15) is 30.8 Å². The Balaban J connectivity index is 2.31. The molecular formula is C15H18N4O5. The molecule has 128 valence electrons. The highest BCUT2D eigenvalue weighted by atomic mass is 16.6. The number of H-pyrrole nitrogens is 1. The molecule has 0 saturated carbocycles. The van der Waals surface area contributed by atoms with E-state index in [9.17, 15) is 19.7 Å². The zero-order valence-corrected chi connectivity index (χ0v) is 13.5. The average molecular weight is 334 g/mol. The number of nitrogens with one attached hydrogen (secondary N) is 2. The van der Waals surface area contributed by atoms with Crippen LogP contribution in [-0.4, -0.2) is 40.1 Å². The Morgan fingerprint density at radius 3 is 2.71 bits per heavy atom. The van der Waals surface area contributed by atoms with Crippen molar-refractivity contribution in [3.63, 3.8) is 0 Å². The van der Waals surface area contributed by atoms with E-state index in [2.05, 4.69) is 15.5 Å². The van der Waals surface area contributed by atoms with Gasteiger partial charge in [0.05, 0.1) is 17.5 Å². The molecule has 0 spiro atoms. The van der Waals surface area contributed by atoms with E-state index in [1.807, 2.05) is 13.8 Å². The summed E-state index contributed by atoms with van der Waals surface area (Å²) in [5, 5.41) is 20.3. The third-order valence-electron chi connectivity index (χ3n) is 3.47. The van der Waals surface area contributed by atoms with E-state index < -0.39 is 22.8 Å². The lowest BCUT2D eigenvalue weighted by molar-refractivity contribution is -0.384. The largest absolute Gasteiger partial charge is 0.467 e. The first kappa shape index (κ1) is 17.4. The lowest BCUT2D eigenvalue weighted by Crippen LogP contribution is -2.42. The van der Waals surface area contributed by atoms with Crippen molar-refractivity contribution < 1.29 is 19.2 Å². The first-order chi connectivity index (χ1) is 11.3. The van der Waals surface area contributed by atoms with E-state index in [1.54, 1.807) is 0 Å². The number of carbonyl (C=O) groups is 2. The maximum Gasteiger partial charge on any atom is 0.328 e. The molecule has 0 aliphatic carbocycles. The van der Waals surface area contributed by atoms with Gasteiger partial charge in [0.15, 0.2) is 5.69 Å². The van der Waals surface area contributed by atoms with Crippen molar-refractivity contribution in [3.8, 4) is 0 Å². The molecule has 1 amide bonds. The third kappa shape index (κ3) is 3.67. The van der Waals surface area contributed by atoms with E-state index in [-0.39, 0.29) is 17.3 Å². The summed E-state index contributed by atoms with van der Waals surface area (Å²) in [6.45, 7) is 3.82. The predicted octanol–water partition coefficient (Wildman–Crippen LogP) is 1.79. The molecule has 2 rings (SSSR count). The van der Waals surface area contributed by atoms with Gasteiger partial charge in [-0.15, -0.1) is 0 Å². The highest BCUT2D eigenvalue weighted by Gasteiger charge is 2.25. The smallest absolute Gasteiger partial charge is 0.328 e. The summed E-state index contributed by atoms with van der Waals surface area (Å²) < 4.78 is 4.70. The lowest BCUT2D eigenvalue weighted by atomic mass is 10.0. The van der Waals surface area contributed by atoms with E-state index in [0.29, 0.717) is 17.3 Å². The fourth-order valence-corrected chi connectivity index (χ4v) is 2.34. The third-order valence-corrected chi connectivity index (χ3v) is 3.47. The normalized spacial score (nSPS) is 12.2. The number of ether oxygens (including phenoxy) is 1. The zero-order chi connectivity index (χ0) is 17.9. The first-order valence-corrected chi connectivity index (χ1v) is 7.34. The summed E-state index contributed by atoms with van der Waals surface area (Å²) in [5.74, 6) is -0.993. The van der Waals surface area contributed by atoms with Gasteiger partial charge in [0.25, 0.3) is 11.6 Å². The maximum atomic E-state index is 12.4. The summed E-state index contributed by atoms with van der Waals surface area (Å²) >= 11 is 0. The van der Waals surface area contributed by atoms with Crippen molar-refractivity contribution in [2.75, 3.05) is 7.11 Å². The minimum absolute atomic E-state index is 0.00800. The Kier molecular flexibility index (Phi) is 5.12. The molecule has 9 heteroatoms. The monoisotopic (exact) mass is 334 g/mol. The van der Waals surface area contributed by atoms with Crippen LogP contribution in [0.2, 0.25) is 0 Å². The Morgan fingerprint density at radius 2 is 2.12 bits per heavy atom. The summed E-state index contributed by atoms with van der Waals surface area (Å²) in [4.78, 5) is 34.6. The predicted molar refractivity (Wildman–Crippen MR) is 85.5 cm³/mol. The number of fused-ring (bicyclic) bond motifs is 1. The quantitative estimate of drug-likeness (QED) is 0.471. The number of carbonyl (C=O) groups excluding carboxylic acids is 2. The van der Waals surface area contributed by atoms with Crippen molar-refractivity contribution in [2.24, 2.45) is 5.92 Å². The van der Waals surface area contributed by atoms with Crippen LogP contribution in [0.4, 0.5) is 5.69 Å². The van der Waals surface area contributed by atoms with Gasteiger partial charge in [-0.2, -0.15) is 5.10 Å². The fraction of sp³-hybridized carbons (Fsp3) is 0.400. The van der Waals surface area contributed by atoms with Crippen molar-refractivity contribution >= 4 is 28.5 Å². The van der Waals surface area contributed by atoms with Gasteiger partial charge in [-0.1, -0.05) is 13.8 Å². The topological polar surface area (TPSA) is 127 Å². The molecule has 2 N–H and O–H groups in total. The summed E-state index contributed by atoms with van der Waals surface area (Å²) in [6.07, 6.45) is 0.404. The molecule has 2 aromatic rings. The molecule has 0 aliphatic rings. The van der Waals surface area contributed by atoms with Crippen molar-refractivity contribution in [1.29, 1.82) is 0 Å². The van der Waals surface area contributed by atoms with Crippen LogP contribution >= 0.6 is 0 Å². The summed E-state index contributed by atoms with van der Waals surface area (Å²) in [6, 6.07) is 3.25. The van der Waals surface area contributed by atoms with Gasteiger partial charge in [0.1, 0.15) is 6.04 Å². The number of nitro groups is 1. The molecule has 0 fully saturated rings. The number of hydrogen-bond acceptors (Lipinski definition) is 6. The zero-order valence-electron chi connectivity index (χ0n) is 13.5. The molecule has 0 aliphatic heterocycles. The first-order valence-electron chi connectivity index (χ1n) is 7.34. The van der Waals surface area contributed by atoms with Crippen molar-refractivity contribution in [1.82, 2.24) is 15.5 Å². The molecule has 1 heterocycles. The molecule has 0 saturated heterocycles. The highest BCUT2D eigenvalue weighted by Crippen LogP contribution is 2.22. The van der Waals surface area contributed by atoms with Crippen LogP contribution in [0.15, 0.2) is 18.2 Å². The lowest BCUT2D eigenvalue weighted by Gasteiger charge is -2.17. The number of amides is 1. The molecule has 1 atom stereocenters. The van der Waals surface area contributed by atoms with Crippen LogP contribution in [0.3, 0.4) is 0 Å². The number of hydrogen-bond donors (Lipinski definition) is 2. The molecule has 1 aromatic carbocycles. The van der Waals surface area contributed by atoms with Gasteiger partial charge < -0.3 is 10.1 Å². The van der Waals surface area contributed by atoms with Crippen LogP contribution in [0.5, 0.6) is 0 Å². The van der Waals surface area contributed by atoms with E-state index in [1.165, 1.54) is 25.3 Å². The van der Waals surface area contributed by atoms with Crippen LogP contribution in [0.25, 0.3) is 10.9 Å². The minimum Gasteiger partial charge on any atom is -0.467 e. The second kappa shape index (κ2) is 7.07. The van der Waals surface area contributed by atoms with Gasteiger partial charge in [-0.25, -0.2) is 4.79 Å². The molecule has 9 nitrogen and oxygen atoms in total. The highest BCUT2D eigenvalue weighted by molar-refractivity contribution is 6.06. The minimum atomic E-state index is -0.812. The number of nitro benzene ring substituents is 1. The number of non-ortho nitro benzene ring substituents is 1. The Labute approximate surface area is 137 Å². The molecule has 0 radical (unpaired) electrons. The Bertz CT molecular complexity index is 783. The van der Waals surface area contributed by atoms with Crippen LogP contribution in [-0.2, 0) is 9.53 Å². The van der Waals surface area contributed by atoms with Crippen molar-refractivity contribution in [2.45, 2.75) is 26.3 Å². The number of rotatable bonds is 6. The second-order valence-corrected chi connectivity index (χ2v) is 5.74. The van der Waals surface area contributed by atoms with E-state index >= 15 is 0 Å². The van der Waals surface area contributed by atoms with Gasteiger partial charge in [0, 0.05) is 17.5 Å². The number of esters is 1. The fourth-order valence-electron chi connectivity index (χ4n) is 2.34. The van der Waals surface area contributed by atoms with Gasteiger partial charge in [-0.05, 0) is 18.4 Å². The average Bonchev–Trinajstić information content (AvgIpc) is 2.95. The number of nitrogens with zero attached hydrogens (tertiary/aromatic N) is 2.